The van der Waals surface area contributed by atoms with E-state index in [1.165, 1.54) is 19.3 Å². The Morgan fingerprint density at radius 1 is 0.840 bits per heavy atom. The Morgan fingerprint density at radius 2 is 1.44 bits per heavy atom. The largest absolute Gasteiger partial charge is 0.494 e. The first-order chi connectivity index (χ1) is 12.3. The topological polar surface area (TPSA) is 9.23 Å². The van der Waals surface area contributed by atoms with E-state index < -0.39 is 0 Å². The first-order valence-electron chi connectivity index (χ1n) is 8.79. The summed E-state index contributed by atoms with van der Waals surface area (Å²) in [5.74, 6) is 12.8. The molecule has 126 valence electrons. The van der Waals surface area contributed by atoms with Crippen LogP contribution in [0.25, 0.3) is 6.08 Å². The highest BCUT2D eigenvalue weighted by molar-refractivity contribution is 5.51. The van der Waals surface area contributed by atoms with Crippen LogP contribution in [0.5, 0.6) is 5.75 Å². The predicted octanol–water partition coefficient (Wildman–Crippen LogP) is 5.69. The molecule has 0 saturated carbocycles. The zero-order valence-corrected chi connectivity index (χ0v) is 14.8. The average Bonchev–Trinajstić information content (AvgIpc) is 2.66. The summed E-state index contributed by atoms with van der Waals surface area (Å²) in [6, 6.07) is 15.8. The van der Waals surface area contributed by atoms with Gasteiger partial charge in [-0.05, 0) is 60.2 Å². The summed E-state index contributed by atoms with van der Waals surface area (Å²) < 4.78 is 5.73. The van der Waals surface area contributed by atoms with Crippen molar-refractivity contribution < 1.29 is 4.74 Å². The van der Waals surface area contributed by atoms with Crippen LogP contribution in [0.1, 0.15) is 49.3 Å². The van der Waals surface area contributed by atoms with E-state index >= 15 is 0 Å². The van der Waals surface area contributed by atoms with Gasteiger partial charge in [0.2, 0.25) is 0 Å². The van der Waals surface area contributed by atoms with E-state index in [1.54, 1.807) is 0 Å². The van der Waals surface area contributed by atoms with Gasteiger partial charge >= 0.3 is 0 Å². The van der Waals surface area contributed by atoms with E-state index in [-0.39, 0.29) is 0 Å². The normalized spacial score (nSPS) is 9.32. The van der Waals surface area contributed by atoms with Crippen LogP contribution in [0.2, 0.25) is 0 Å². The zero-order valence-electron chi connectivity index (χ0n) is 14.8. The van der Waals surface area contributed by atoms with Crippen LogP contribution < -0.4 is 4.74 Å². The molecule has 2 aromatic carbocycles. The number of hydrogen-bond acceptors (Lipinski definition) is 1. The van der Waals surface area contributed by atoms with Crippen molar-refractivity contribution in [2.45, 2.75) is 32.6 Å². The molecule has 0 amide bonds. The average molecular weight is 328 g/mol. The minimum Gasteiger partial charge on any atom is -0.494 e. The monoisotopic (exact) mass is 328 g/mol. The second kappa shape index (κ2) is 10.8. The smallest absolute Gasteiger partial charge is 0.119 e. The SMILES string of the molecule is C=Cc1ccc(C#CC#Cc2ccc(OCCCCCC)cc2)cc1. The van der Waals surface area contributed by atoms with Crippen molar-refractivity contribution in [3.8, 4) is 29.4 Å². The molecule has 2 aromatic rings. The second-order valence-electron chi connectivity index (χ2n) is 5.76. The lowest BCUT2D eigenvalue weighted by Crippen LogP contribution is -1.96. The van der Waals surface area contributed by atoms with Gasteiger partial charge in [0.1, 0.15) is 5.75 Å². The summed E-state index contributed by atoms with van der Waals surface area (Å²) in [6.45, 7) is 6.73. The van der Waals surface area contributed by atoms with Crippen LogP contribution in [0.15, 0.2) is 55.1 Å². The standard InChI is InChI=1S/C24H24O/c1-3-5-6-9-20-25-24-18-16-23(17-19-24)11-8-7-10-22-14-12-21(4-2)13-15-22/h4,12-19H,2-3,5-6,9,20H2,1H3. The third kappa shape index (κ3) is 7.03. The summed E-state index contributed by atoms with van der Waals surface area (Å²) in [5.41, 5.74) is 2.98. The maximum Gasteiger partial charge on any atom is 0.119 e. The van der Waals surface area contributed by atoms with Crippen molar-refractivity contribution in [3.05, 3.63) is 71.8 Å². The molecular weight excluding hydrogens is 304 g/mol. The van der Waals surface area contributed by atoms with Crippen molar-refractivity contribution in [1.82, 2.24) is 0 Å². The summed E-state index contributed by atoms with van der Waals surface area (Å²) >= 11 is 0. The molecule has 0 unspecified atom stereocenters. The van der Waals surface area contributed by atoms with Crippen molar-refractivity contribution in [2.24, 2.45) is 0 Å². The van der Waals surface area contributed by atoms with Gasteiger partial charge in [0, 0.05) is 11.1 Å². The van der Waals surface area contributed by atoms with Crippen molar-refractivity contribution >= 4 is 6.08 Å². The molecule has 0 aromatic heterocycles. The van der Waals surface area contributed by atoms with Gasteiger partial charge in [-0.3, -0.25) is 0 Å². The summed E-state index contributed by atoms with van der Waals surface area (Å²) in [4.78, 5) is 0. The van der Waals surface area contributed by atoms with Crippen LogP contribution in [-0.2, 0) is 0 Å². The quantitative estimate of drug-likeness (QED) is 0.468. The predicted molar refractivity (Wildman–Crippen MR) is 106 cm³/mol. The van der Waals surface area contributed by atoms with Crippen LogP contribution >= 0.6 is 0 Å². The summed E-state index contributed by atoms with van der Waals surface area (Å²) in [7, 11) is 0. The highest BCUT2D eigenvalue weighted by Crippen LogP contribution is 2.12. The zero-order chi connectivity index (χ0) is 17.7. The van der Waals surface area contributed by atoms with Crippen molar-refractivity contribution in [3.63, 3.8) is 0 Å². The molecule has 0 aliphatic carbocycles. The van der Waals surface area contributed by atoms with Gasteiger partial charge in [-0.1, -0.05) is 62.8 Å². The molecule has 0 aliphatic heterocycles. The number of unbranched alkanes of at least 4 members (excludes halogenated alkanes) is 3. The first-order valence-corrected chi connectivity index (χ1v) is 8.79. The molecule has 0 spiro atoms. The fourth-order valence-electron chi connectivity index (χ4n) is 2.26. The molecule has 0 radical (unpaired) electrons. The van der Waals surface area contributed by atoms with E-state index in [4.69, 9.17) is 4.74 Å². The fourth-order valence-corrected chi connectivity index (χ4v) is 2.26. The van der Waals surface area contributed by atoms with Crippen molar-refractivity contribution in [2.75, 3.05) is 6.61 Å². The lowest BCUT2D eigenvalue weighted by Gasteiger charge is -2.05. The lowest BCUT2D eigenvalue weighted by molar-refractivity contribution is 0.305. The molecule has 0 fully saturated rings. The maximum atomic E-state index is 5.73. The second-order valence-corrected chi connectivity index (χ2v) is 5.76. The number of ether oxygens (including phenoxy) is 1. The van der Waals surface area contributed by atoms with E-state index in [0.717, 1.165) is 35.5 Å². The Hall–Kier alpha value is -2.90. The van der Waals surface area contributed by atoms with Gasteiger partial charge in [0.15, 0.2) is 0 Å². The van der Waals surface area contributed by atoms with Gasteiger partial charge in [-0.2, -0.15) is 0 Å². The number of benzene rings is 2. The molecule has 0 bridgehead atoms. The Balaban J connectivity index is 1.84. The van der Waals surface area contributed by atoms with Crippen LogP contribution in [0, 0.1) is 23.7 Å². The molecule has 0 heterocycles. The van der Waals surface area contributed by atoms with Crippen molar-refractivity contribution in [1.29, 1.82) is 0 Å². The summed E-state index contributed by atoms with van der Waals surface area (Å²) in [5, 5.41) is 0. The van der Waals surface area contributed by atoms with Gasteiger partial charge in [-0.25, -0.2) is 0 Å². The van der Waals surface area contributed by atoms with E-state index in [9.17, 15) is 0 Å². The van der Waals surface area contributed by atoms with Crippen LogP contribution in [0.3, 0.4) is 0 Å². The molecule has 1 heteroatoms. The number of rotatable bonds is 7. The van der Waals surface area contributed by atoms with E-state index in [2.05, 4.69) is 37.2 Å². The molecule has 0 N–H and O–H groups in total. The Kier molecular flexibility index (Phi) is 7.96. The molecule has 1 nitrogen and oxygen atoms in total. The number of hydrogen-bond donors (Lipinski definition) is 0. The molecular formula is C24H24O. The first kappa shape index (κ1) is 18.4. The third-order valence-corrected chi connectivity index (χ3v) is 3.74. The molecule has 0 atom stereocenters. The Labute approximate surface area is 151 Å². The van der Waals surface area contributed by atoms with Gasteiger partial charge in [-0.15, -0.1) is 0 Å². The molecule has 0 saturated heterocycles. The van der Waals surface area contributed by atoms with Crippen LogP contribution in [0.4, 0.5) is 0 Å². The van der Waals surface area contributed by atoms with Gasteiger partial charge < -0.3 is 4.74 Å². The van der Waals surface area contributed by atoms with Crippen LogP contribution in [-0.4, -0.2) is 6.61 Å². The minimum absolute atomic E-state index is 0.779. The maximum absolute atomic E-state index is 5.73. The highest BCUT2D eigenvalue weighted by Gasteiger charge is 1.94. The summed E-state index contributed by atoms with van der Waals surface area (Å²) in [6.07, 6.45) is 6.68. The molecule has 2 rings (SSSR count). The Bertz CT molecular complexity index is 774. The molecule has 0 aliphatic rings. The van der Waals surface area contributed by atoms with Gasteiger partial charge in [0.25, 0.3) is 0 Å². The Morgan fingerprint density at radius 3 is 2.00 bits per heavy atom. The third-order valence-electron chi connectivity index (χ3n) is 3.74. The lowest BCUT2D eigenvalue weighted by atomic mass is 10.1. The van der Waals surface area contributed by atoms with E-state index in [1.807, 2.05) is 54.6 Å². The highest BCUT2D eigenvalue weighted by atomic mass is 16.5. The minimum atomic E-state index is 0.779. The molecule has 25 heavy (non-hydrogen) atoms. The van der Waals surface area contributed by atoms with Gasteiger partial charge in [0.05, 0.1) is 6.61 Å². The fraction of sp³-hybridized carbons (Fsp3) is 0.250. The van der Waals surface area contributed by atoms with E-state index in [0.29, 0.717) is 0 Å².